The zero-order valence-corrected chi connectivity index (χ0v) is 23.0. The van der Waals surface area contributed by atoms with Gasteiger partial charge >= 0.3 is 10.8 Å². The van der Waals surface area contributed by atoms with E-state index < -0.39 is 18.2 Å². The van der Waals surface area contributed by atoms with Crippen LogP contribution in [-0.2, 0) is 11.2 Å². The summed E-state index contributed by atoms with van der Waals surface area (Å²) in [6, 6.07) is 11.1. The monoisotopic (exact) mass is 571 g/mol. The van der Waals surface area contributed by atoms with Crippen molar-refractivity contribution in [1.82, 2.24) is 15.6 Å². The molecule has 3 rings (SSSR count). The predicted octanol–water partition coefficient (Wildman–Crippen LogP) is 2.98. The number of carbonyl (C=O) groups is 1. The lowest BCUT2D eigenvalue weighted by atomic mass is 10.1. The highest BCUT2D eigenvalue weighted by atomic mass is 35.5. The molecule has 2 aromatic carbocycles. The number of H-pyrrole nitrogens is 1. The Hall–Kier alpha value is -2.12. The molecule has 0 radical (unpaired) electrons. The van der Waals surface area contributed by atoms with Crippen molar-refractivity contribution in [2.75, 3.05) is 37.7 Å². The maximum absolute atomic E-state index is 11.6. The second-order valence-corrected chi connectivity index (χ2v) is 10.8. The molecule has 0 aliphatic carbocycles. The van der Waals surface area contributed by atoms with Crippen molar-refractivity contribution in [3.05, 3.63) is 62.2 Å². The van der Waals surface area contributed by atoms with Gasteiger partial charge in [-0.25, -0.2) is 4.79 Å². The Morgan fingerprint density at radius 2 is 1.84 bits per heavy atom. The number of carboxylic acids is 1. The van der Waals surface area contributed by atoms with E-state index in [1.807, 2.05) is 30.0 Å². The quantitative estimate of drug-likeness (QED) is 0.145. The Balaban J connectivity index is 0.000000717. The number of aromatic amines is 1. The summed E-state index contributed by atoms with van der Waals surface area (Å²) in [7, 11) is 0. The van der Waals surface area contributed by atoms with Gasteiger partial charge in [0.15, 0.2) is 0 Å². The fourth-order valence-electron chi connectivity index (χ4n) is 3.25. The zero-order valence-electron chi connectivity index (χ0n) is 20.6. The third-order valence-corrected chi connectivity index (χ3v) is 7.61. The van der Waals surface area contributed by atoms with Crippen molar-refractivity contribution in [1.29, 1.82) is 0 Å². The molecule has 0 saturated heterocycles. The summed E-state index contributed by atoms with van der Waals surface area (Å²) in [6.45, 7) is 4.30. The second-order valence-electron chi connectivity index (χ2n) is 8.18. The lowest BCUT2D eigenvalue weighted by Gasteiger charge is -2.13. The van der Waals surface area contributed by atoms with Crippen LogP contribution in [0.5, 0.6) is 5.75 Å². The minimum atomic E-state index is -1.23. The molecule has 0 saturated carbocycles. The van der Waals surface area contributed by atoms with E-state index in [1.54, 1.807) is 6.07 Å². The maximum atomic E-state index is 11.6. The lowest BCUT2D eigenvalue weighted by molar-refractivity contribution is -0.145. The molecule has 0 fully saturated rings. The van der Waals surface area contributed by atoms with Crippen LogP contribution in [0.2, 0.25) is 5.02 Å². The number of carboxylic acid groups (broad SMARTS) is 1. The molecule has 1 aromatic heterocycles. The van der Waals surface area contributed by atoms with Gasteiger partial charge in [0.05, 0.1) is 10.8 Å². The first-order chi connectivity index (χ1) is 17.7. The van der Waals surface area contributed by atoms with Crippen LogP contribution in [0.4, 0.5) is 0 Å². The fourth-order valence-corrected chi connectivity index (χ4v) is 5.23. The van der Waals surface area contributed by atoms with E-state index >= 15 is 0 Å². The van der Waals surface area contributed by atoms with Crippen LogP contribution in [0.15, 0.2) is 41.2 Å². The van der Waals surface area contributed by atoms with Crippen LogP contribution in [0.1, 0.15) is 30.6 Å². The van der Waals surface area contributed by atoms with Crippen LogP contribution in [-0.4, -0.2) is 75.2 Å². The first-order valence-electron chi connectivity index (χ1n) is 11.9. The molecule has 9 nitrogen and oxygen atoms in total. The highest BCUT2D eigenvalue weighted by molar-refractivity contribution is 7.99. The van der Waals surface area contributed by atoms with Crippen LogP contribution in [0, 0.1) is 0 Å². The highest BCUT2D eigenvalue weighted by Crippen LogP contribution is 2.31. The number of benzene rings is 2. The average molecular weight is 572 g/mol. The van der Waals surface area contributed by atoms with E-state index in [-0.39, 0.29) is 10.6 Å². The van der Waals surface area contributed by atoms with Crippen LogP contribution in [0.25, 0.3) is 10.2 Å². The number of aliphatic carboxylic acids is 1. The molecule has 0 unspecified atom stereocenters. The second kappa shape index (κ2) is 16.7. The molecular formula is C25H34ClN3O6S2. The summed E-state index contributed by atoms with van der Waals surface area (Å²) in [5.74, 6) is 0.885. The molecule has 1 heterocycles. The van der Waals surface area contributed by atoms with E-state index in [0.717, 1.165) is 60.3 Å². The minimum Gasteiger partial charge on any atom is -0.506 e. The summed E-state index contributed by atoms with van der Waals surface area (Å²) in [6.07, 6.45) is 0.0755. The Kier molecular flexibility index (Phi) is 14.0. The Morgan fingerprint density at radius 3 is 2.54 bits per heavy atom. The molecule has 0 spiro atoms. The maximum Gasteiger partial charge on any atom is 0.332 e. The molecule has 2 atom stereocenters. The molecule has 7 N–H and O–H groups in total. The van der Waals surface area contributed by atoms with Crippen molar-refractivity contribution >= 4 is 50.9 Å². The van der Waals surface area contributed by atoms with Gasteiger partial charge in [-0.2, -0.15) is 11.8 Å². The minimum absolute atomic E-state index is 0.0204. The number of rotatable bonds is 14. The third-order valence-electron chi connectivity index (χ3n) is 5.24. The number of aromatic nitrogens is 1. The summed E-state index contributed by atoms with van der Waals surface area (Å²) in [4.78, 5) is 23.4. The van der Waals surface area contributed by atoms with Gasteiger partial charge in [-0.3, -0.25) is 4.79 Å². The predicted molar refractivity (Wildman–Crippen MR) is 151 cm³/mol. The Morgan fingerprint density at radius 1 is 1.11 bits per heavy atom. The van der Waals surface area contributed by atoms with Crippen molar-refractivity contribution in [3.8, 4) is 5.75 Å². The molecule has 0 amide bonds. The van der Waals surface area contributed by atoms with E-state index in [1.165, 1.54) is 18.6 Å². The van der Waals surface area contributed by atoms with Gasteiger partial charge in [-0.05, 0) is 56.3 Å². The van der Waals surface area contributed by atoms with Gasteiger partial charge in [0, 0.05) is 29.4 Å². The smallest absolute Gasteiger partial charge is 0.332 e. The van der Waals surface area contributed by atoms with Gasteiger partial charge in [-0.15, -0.1) is 0 Å². The number of phenolic OH excluding ortho intramolecular Hbond substituents is 1. The first-order valence-corrected chi connectivity index (χ1v) is 14.2. The summed E-state index contributed by atoms with van der Waals surface area (Å²) in [5.41, 5.74) is 2.22. The lowest BCUT2D eigenvalue weighted by Crippen LogP contribution is -2.24. The van der Waals surface area contributed by atoms with E-state index in [0.29, 0.717) is 22.3 Å². The topological polar surface area (TPSA) is 155 Å². The van der Waals surface area contributed by atoms with Crippen molar-refractivity contribution < 1.29 is 25.2 Å². The number of aromatic hydroxyl groups is 1. The van der Waals surface area contributed by atoms with Crippen molar-refractivity contribution in [2.24, 2.45) is 0 Å². The fraction of sp³-hybridized carbons (Fsp3) is 0.440. The van der Waals surface area contributed by atoms with Gasteiger partial charge in [0.25, 0.3) is 0 Å². The molecular weight excluding hydrogens is 538 g/mol. The van der Waals surface area contributed by atoms with Crippen LogP contribution in [0.3, 0.4) is 0 Å². The molecule has 12 heteroatoms. The zero-order chi connectivity index (χ0) is 27.2. The van der Waals surface area contributed by atoms with Crippen LogP contribution >= 0.6 is 34.7 Å². The van der Waals surface area contributed by atoms with E-state index in [2.05, 4.69) is 21.7 Å². The number of thiazole rings is 1. The van der Waals surface area contributed by atoms with E-state index in [4.69, 9.17) is 21.8 Å². The van der Waals surface area contributed by atoms with Gasteiger partial charge in [-0.1, -0.05) is 47.2 Å². The Labute approximate surface area is 228 Å². The molecule has 3 aromatic rings. The first kappa shape index (κ1) is 31.1. The number of hydrogen-bond acceptors (Lipinski definition) is 9. The number of nitrogens with one attached hydrogen (secondary N) is 3. The van der Waals surface area contributed by atoms with Gasteiger partial charge < -0.3 is 36.0 Å². The molecule has 0 aliphatic rings. The number of aliphatic hydroxyl groups is 2. The number of halogens is 1. The van der Waals surface area contributed by atoms with Crippen molar-refractivity contribution in [2.45, 2.75) is 32.0 Å². The Bertz CT molecular complexity index is 1170. The third kappa shape index (κ3) is 11.0. The van der Waals surface area contributed by atoms with Crippen molar-refractivity contribution in [3.63, 3.8) is 0 Å². The summed E-state index contributed by atoms with van der Waals surface area (Å²) in [5, 5.41) is 43.6. The number of aliphatic hydroxyl groups excluding tert-OH is 2. The summed E-state index contributed by atoms with van der Waals surface area (Å²) < 4.78 is 0.607. The molecule has 204 valence electrons. The highest BCUT2D eigenvalue weighted by Gasteiger charge is 2.15. The largest absolute Gasteiger partial charge is 0.506 e. The number of phenols is 1. The van der Waals surface area contributed by atoms with Gasteiger partial charge in [0.2, 0.25) is 0 Å². The average Bonchev–Trinajstić information content (AvgIpc) is 3.26. The van der Waals surface area contributed by atoms with Gasteiger partial charge in [0.1, 0.15) is 17.4 Å². The number of thioether (sulfide) groups is 1. The normalized spacial score (nSPS) is 12.6. The van der Waals surface area contributed by atoms with E-state index in [9.17, 15) is 19.8 Å². The molecule has 0 aliphatic heterocycles. The number of fused-ring (bicyclic) bond motifs is 1. The summed E-state index contributed by atoms with van der Waals surface area (Å²) >= 11 is 9.04. The number of hydrogen-bond donors (Lipinski definition) is 7. The SMILES string of the molecule is C[C@@H](O)C(=O)O.O=c1[nH]c2c(O)ccc([C@@H](O)CNCCSCCCNCCc3ccccc3Cl)c2s1. The molecule has 37 heavy (non-hydrogen) atoms. The molecule has 0 bridgehead atoms. The standard InChI is InChI=1S/C22H28ClN3O3S2.C3H6O3/c23-17-5-2-1-4-15(17)8-10-24-9-3-12-30-13-11-25-14-19(28)16-6-7-18(27)20-21(16)31-22(29)26-20;1-2(4)3(5)6/h1-2,4-7,19,24-25,27-28H,3,8-14H2,(H,26,29);2,4H,1H3,(H,5,6)/t19-;2-/m01/s1. The van der Waals surface area contributed by atoms with Crippen LogP contribution < -0.4 is 15.5 Å².